The van der Waals surface area contributed by atoms with Crippen molar-refractivity contribution in [3.05, 3.63) is 48.0 Å². The predicted molar refractivity (Wildman–Crippen MR) is 151 cm³/mol. The highest BCUT2D eigenvalue weighted by atomic mass is 32.2. The van der Waals surface area contributed by atoms with E-state index in [0.29, 0.717) is 47.5 Å². The number of rotatable bonds is 8. The van der Waals surface area contributed by atoms with Crippen molar-refractivity contribution < 1.29 is 23.1 Å². The zero-order chi connectivity index (χ0) is 28.7. The first kappa shape index (κ1) is 28.2. The molecule has 0 atom stereocenters. The van der Waals surface area contributed by atoms with Crippen molar-refractivity contribution in [2.24, 2.45) is 11.8 Å². The molecule has 11 heteroatoms. The molecule has 1 amide bonds. The van der Waals surface area contributed by atoms with Crippen LogP contribution in [0.25, 0.3) is 16.5 Å². The maximum atomic E-state index is 13.3. The summed E-state index contributed by atoms with van der Waals surface area (Å²) in [5.41, 5.74) is 0.00228. The zero-order valence-corrected chi connectivity index (χ0v) is 24.0. The summed E-state index contributed by atoms with van der Waals surface area (Å²) in [6.45, 7) is 5.39. The molecular weight excluding hydrogens is 530 g/mol. The molecule has 5 rings (SSSR count). The number of carboxylic acids is 1. The summed E-state index contributed by atoms with van der Waals surface area (Å²) in [7, 11) is -3.81. The zero-order valence-electron chi connectivity index (χ0n) is 23.2. The minimum Gasteiger partial charge on any atom is -0.481 e. The van der Waals surface area contributed by atoms with Crippen LogP contribution < -0.4 is 10.0 Å². The van der Waals surface area contributed by atoms with Gasteiger partial charge in [0.15, 0.2) is 0 Å². The largest absolute Gasteiger partial charge is 0.481 e. The summed E-state index contributed by atoms with van der Waals surface area (Å²) in [5, 5.41) is 17.9. The lowest BCUT2D eigenvalue weighted by atomic mass is 9.80. The van der Waals surface area contributed by atoms with Gasteiger partial charge in [-0.1, -0.05) is 56.4 Å². The highest BCUT2D eigenvalue weighted by Crippen LogP contribution is 2.32. The highest BCUT2D eigenvalue weighted by Gasteiger charge is 2.36. The molecule has 3 N–H and O–H groups in total. The Morgan fingerprint density at radius 3 is 2.35 bits per heavy atom. The number of hydrogen-bond acceptors (Lipinski definition) is 6. The van der Waals surface area contributed by atoms with Crippen LogP contribution in [0.1, 0.15) is 82.2 Å². The number of carboxylic acid groups (broad SMARTS) is 1. The normalized spacial score (nSPS) is 20.3. The molecule has 0 aliphatic heterocycles. The first-order chi connectivity index (χ1) is 18.9. The number of nitrogens with one attached hydrogen (secondary N) is 2. The van der Waals surface area contributed by atoms with Gasteiger partial charge in [0.05, 0.1) is 16.5 Å². The van der Waals surface area contributed by atoms with Crippen molar-refractivity contribution >= 4 is 32.7 Å². The van der Waals surface area contributed by atoms with Gasteiger partial charge < -0.3 is 10.4 Å². The molecule has 3 aromatic rings. The summed E-state index contributed by atoms with van der Waals surface area (Å²) >= 11 is 0. The summed E-state index contributed by atoms with van der Waals surface area (Å²) in [5.74, 6) is -0.612. The minimum absolute atomic E-state index is 0.0276. The Kier molecular flexibility index (Phi) is 7.71. The Hall–Kier alpha value is -3.31. The van der Waals surface area contributed by atoms with Crippen LogP contribution in [-0.4, -0.2) is 51.7 Å². The number of fused-ring (bicyclic) bond motifs is 1. The van der Waals surface area contributed by atoms with Crippen molar-refractivity contribution in [1.29, 1.82) is 0 Å². The molecular formula is C29H37N5O5S. The predicted octanol–water partition coefficient (Wildman–Crippen LogP) is 4.21. The third-order valence-corrected chi connectivity index (χ3v) is 9.53. The Morgan fingerprint density at radius 1 is 1.02 bits per heavy atom. The van der Waals surface area contributed by atoms with Gasteiger partial charge >= 0.3 is 5.97 Å². The van der Waals surface area contributed by atoms with Crippen LogP contribution in [0, 0.1) is 11.8 Å². The number of amides is 1. The third kappa shape index (κ3) is 6.05. The second kappa shape index (κ2) is 10.9. The summed E-state index contributed by atoms with van der Waals surface area (Å²) < 4.78 is 31.0. The van der Waals surface area contributed by atoms with E-state index in [1.807, 2.05) is 12.1 Å². The Morgan fingerprint density at radius 2 is 1.70 bits per heavy atom. The van der Waals surface area contributed by atoms with Gasteiger partial charge in [0.1, 0.15) is 5.82 Å². The van der Waals surface area contributed by atoms with E-state index in [1.165, 1.54) is 6.42 Å². The summed E-state index contributed by atoms with van der Waals surface area (Å²) in [6, 6.07) is 10.4. The number of benzene rings is 2. The van der Waals surface area contributed by atoms with Crippen molar-refractivity contribution in [3.8, 4) is 5.69 Å². The van der Waals surface area contributed by atoms with Gasteiger partial charge in [-0.15, -0.1) is 5.10 Å². The summed E-state index contributed by atoms with van der Waals surface area (Å²) in [6.07, 6.45) is 7.15. The number of nitrogens with zero attached hydrogens (tertiary/aromatic N) is 3. The maximum Gasteiger partial charge on any atom is 0.306 e. The summed E-state index contributed by atoms with van der Waals surface area (Å²) in [4.78, 5) is 29.1. The van der Waals surface area contributed by atoms with Crippen molar-refractivity contribution in [1.82, 2.24) is 24.8 Å². The van der Waals surface area contributed by atoms with E-state index in [9.17, 15) is 18.0 Å². The monoisotopic (exact) mass is 567 g/mol. The van der Waals surface area contributed by atoms with Crippen LogP contribution >= 0.6 is 0 Å². The lowest BCUT2D eigenvalue weighted by Crippen LogP contribution is -2.47. The van der Waals surface area contributed by atoms with E-state index < -0.39 is 33.4 Å². The van der Waals surface area contributed by atoms with E-state index in [1.54, 1.807) is 49.7 Å². The van der Waals surface area contributed by atoms with Crippen molar-refractivity contribution in [3.63, 3.8) is 0 Å². The van der Waals surface area contributed by atoms with Crippen molar-refractivity contribution in [2.75, 3.05) is 0 Å². The second-order valence-electron chi connectivity index (χ2n) is 12.1. The van der Waals surface area contributed by atoms with Gasteiger partial charge in [0.25, 0.3) is 5.91 Å². The first-order valence-corrected chi connectivity index (χ1v) is 15.5. The van der Waals surface area contributed by atoms with Gasteiger partial charge in [-0.25, -0.2) is 22.8 Å². The quantitative estimate of drug-likeness (QED) is 0.370. The number of carbonyl (C=O) groups is 2. The molecule has 2 aliphatic rings. The van der Waals surface area contributed by atoms with Crippen LogP contribution in [0.4, 0.5) is 0 Å². The van der Waals surface area contributed by atoms with E-state index in [0.717, 1.165) is 25.7 Å². The van der Waals surface area contributed by atoms with Gasteiger partial charge in [-0.3, -0.25) is 9.59 Å². The molecule has 0 bridgehead atoms. The topological polar surface area (TPSA) is 143 Å². The van der Waals surface area contributed by atoms with Gasteiger partial charge in [0, 0.05) is 28.8 Å². The number of sulfonamides is 1. The SMILES string of the molecule is CC(C)(C)NS(=O)(=O)c1ccc(-n2nc(C(=O)NC3CC(C(=O)O)C3)nc2CC2CCCCC2)c2ccccc12. The molecule has 40 heavy (non-hydrogen) atoms. The number of hydrogen-bond donors (Lipinski definition) is 3. The standard InChI is InChI=1S/C29H37N5O5S/c1-29(2,3)33-40(38,39)24-14-13-23(21-11-7-8-12-22(21)24)34-25(15-18-9-5-4-6-10-18)31-26(32-34)27(35)30-20-16-19(17-20)28(36)37/h7-8,11-14,18-20,33H,4-6,9-10,15-17H2,1-3H3,(H,30,35)(H,36,37). The molecule has 10 nitrogen and oxygen atoms in total. The fourth-order valence-electron chi connectivity index (χ4n) is 5.73. The number of carbonyl (C=O) groups excluding carboxylic acids is 1. The molecule has 2 aromatic carbocycles. The minimum atomic E-state index is -3.81. The molecule has 1 heterocycles. The lowest BCUT2D eigenvalue weighted by molar-refractivity contribution is -0.145. The Bertz CT molecular complexity index is 1530. The molecule has 214 valence electrons. The first-order valence-electron chi connectivity index (χ1n) is 14.0. The third-order valence-electron chi connectivity index (χ3n) is 7.72. The average molecular weight is 568 g/mol. The fraction of sp³-hybridized carbons (Fsp3) is 0.517. The Balaban J connectivity index is 1.53. The molecule has 0 spiro atoms. The van der Waals surface area contributed by atoms with Crippen LogP contribution in [0.2, 0.25) is 0 Å². The van der Waals surface area contributed by atoms with Crippen molar-refractivity contribution in [2.45, 2.75) is 88.6 Å². The molecule has 2 saturated carbocycles. The average Bonchev–Trinajstić information content (AvgIpc) is 3.27. The van der Waals surface area contributed by atoms with Crippen LogP contribution in [0.15, 0.2) is 41.3 Å². The van der Waals surface area contributed by atoms with Gasteiger partial charge in [0.2, 0.25) is 15.8 Å². The van der Waals surface area contributed by atoms with E-state index in [4.69, 9.17) is 5.11 Å². The van der Waals surface area contributed by atoms with E-state index >= 15 is 0 Å². The van der Waals surface area contributed by atoms with Crippen LogP contribution in [0.3, 0.4) is 0 Å². The second-order valence-corrected chi connectivity index (χ2v) is 13.8. The maximum absolute atomic E-state index is 13.3. The number of aliphatic carboxylic acids is 1. The number of aromatic nitrogens is 3. The van der Waals surface area contributed by atoms with Gasteiger partial charge in [-0.2, -0.15) is 0 Å². The fourth-order valence-corrected chi connectivity index (χ4v) is 7.37. The Labute approximate surface area is 234 Å². The smallest absolute Gasteiger partial charge is 0.306 e. The molecule has 2 aliphatic carbocycles. The highest BCUT2D eigenvalue weighted by molar-refractivity contribution is 7.89. The molecule has 0 unspecified atom stereocenters. The van der Waals surface area contributed by atoms with Gasteiger partial charge in [-0.05, 0) is 51.7 Å². The molecule has 2 fully saturated rings. The molecule has 0 radical (unpaired) electrons. The van der Waals surface area contributed by atoms with E-state index in [2.05, 4.69) is 20.1 Å². The van der Waals surface area contributed by atoms with Crippen LogP contribution in [0.5, 0.6) is 0 Å². The lowest BCUT2D eigenvalue weighted by Gasteiger charge is -2.32. The van der Waals surface area contributed by atoms with Crippen LogP contribution in [-0.2, 0) is 21.2 Å². The van der Waals surface area contributed by atoms with E-state index in [-0.39, 0.29) is 16.8 Å². The molecule has 1 aromatic heterocycles. The molecule has 0 saturated heterocycles.